The second-order valence-corrected chi connectivity index (χ2v) is 5.45. The van der Waals surface area contributed by atoms with Crippen molar-refractivity contribution in [3.8, 4) is 5.75 Å². The molecule has 0 radical (unpaired) electrons. The number of ketones is 1. The van der Waals surface area contributed by atoms with Crippen molar-refractivity contribution in [1.29, 1.82) is 0 Å². The number of fused-ring (bicyclic) bond motifs is 1. The fraction of sp³-hybridized carbons (Fsp3) is 0.500. The molecule has 3 rings (SSSR count). The van der Waals surface area contributed by atoms with Crippen molar-refractivity contribution in [2.45, 2.75) is 32.1 Å². The van der Waals surface area contributed by atoms with Gasteiger partial charge < -0.3 is 4.74 Å². The van der Waals surface area contributed by atoms with Gasteiger partial charge in [-0.25, -0.2) is 0 Å². The van der Waals surface area contributed by atoms with Crippen LogP contribution in [0.5, 0.6) is 5.75 Å². The van der Waals surface area contributed by atoms with Crippen LogP contribution >= 0.6 is 11.6 Å². The molecule has 0 aromatic heterocycles. The zero-order valence-corrected chi connectivity index (χ0v) is 10.4. The van der Waals surface area contributed by atoms with Gasteiger partial charge in [0.15, 0.2) is 0 Å². The lowest BCUT2D eigenvalue weighted by Gasteiger charge is -2.08. The Morgan fingerprint density at radius 2 is 2.24 bits per heavy atom. The van der Waals surface area contributed by atoms with E-state index in [-0.39, 0.29) is 0 Å². The molecule has 1 saturated carbocycles. The molecule has 3 heteroatoms. The predicted octanol–water partition coefficient (Wildman–Crippen LogP) is 3.19. The fourth-order valence-electron chi connectivity index (χ4n) is 2.41. The first-order chi connectivity index (χ1) is 8.22. The Kier molecular flexibility index (Phi) is 2.83. The van der Waals surface area contributed by atoms with Crippen LogP contribution < -0.4 is 4.74 Å². The third-order valence-electron chi connectivity index (χ3n) is 3.43. The molecule has 0 amide bonds. The number of benzene rings is 1. The van der Waals surface area contributed by atoms with Crippen LogP contribution in [0.15, 0.2) is 12.1 Å². The van der Waals surface area contributed by atoms with E-state index in [0.29, 0.717) is 29.8 Å². The molecule has 1 heterocycles. The highest BCUT2D eigenvalue weighted by Gasteiger charge is 2.25. The molecule has 90 valence electrons. The summed E-state index contributed by atoms with van der Waals surface area (Å²) in [7, 11) is 0. The Bertz CT molecular complexity index is 464. The third kappa shape index (κ3) is 2.47. The van der Waals surface area contributed by atoms with Gasteiger partial charge in [0.25, 0.3) is 0 Å². The largest absolute Gasteiger partial charge is 0.493 e. The highest BCUT2D eigenvalue weighted by Crippen LogP contribution is 2.35. The maximum atomic E-state index is 11.9. The highest BCUT2D eigenvalue weighted by molar-refractivity contribution is 6.30. The molecule has 0 unspecified atom stereocenters. The number of hydrogen-bond donors (Lipinski definition) is 0. The monoisotopic (exact) mass is 250 g/mol. The van der Waals surface area contributed by atoms with E-state index in [1.165, 1.54) is 12.8 Å². The van der Waals surface area contributed by atoms with Gasteiger partial charge in [-0.15, -0.1) is 0 Å². The number of Topliss-reactive ketones (excluding diaryl/α,β-unsaturated/α-hetero) is 1. The summed E-state index contributed by atoms with van der Waals surface area (Å²) in [5.41, 5.74) is 2.11. The molecule has 0 spiro atoms. The second-order valence-electron chi connectivity index (χ2n) is 5.01. The van der Waals surface area contributed by atoms with Gasteiger partial charge in [0.05, 0.1) is 6.61 Å². The maximum absolute atomic E-state index is 11.9. The van der Waals surface area contributed by atoms with Crippen molar-refractivity contribution in [2.24, 2.45) is 5.92 Å². The summed E-state index contributed by atoms with van der Waals surface area (Å²) >= 11 is 6.06. The first-order valence-corrected chi connectivity index (χ1v) is 6.56. The van der Waals surface area contributed by atoms with Crippen molar-refractivity contribution < 1.29 is 9.53 Å². The van der Waals surface area contributed by atoms with E-state index < -0.39 is 0 Å². The van der Waals surface area contributed by atoms with Crippen LogP contribution in [-0.4, -0.2) is 12.4 Å². The van der Waals surface area contributed by atoms with Gasteiger partial charge >= 0.3 is 0 Å². The molecule has 1 fully saturated rings. The minimum atomic E-state index is 0.312. The Hall–Kier alpha value is -1.02. The van der Waals surface area contributed by atoms with Crippen LogP contribution in [0.1, 0.15) is 30.4 Å². The van der Waals surface area contributed by atoms with E-state index in [9.17, 15) is 4.79 Å². The lowest BCUT2D eigenvalue weighted by atomic mass is 10.0. The van der Waals surface area contributed by atoms with E-state index in [0.717, 1.165) is 29.7 Å². The minimum Gasteiger partial charge on any atom is -0.493 e. The number of hydrogen-bond acceptors (Lipinski definition) is 2. The Balaban J connectivity index is 1.79. The van der Waals surface area contributed by atoms with Gasteiger partial charge in [0.1, 0.15) is 11.5 Å². The van der Waals surface area contributed by atoms with Crippen LogP contribution in [0.2, 0.25) is 5.02 Å². The molecular formula is C14H15ClO2. The molecule has 0 saturated heterocycles. The number of carbonyl (C=O) groups is 1. The summed E-state index contributed by atoms with van der Waals surface area (Å²) < 4.78 is 5.60. The van der Waals surface area contributed by atoms with Crippen LogP contribution in [0.4, 0.5) is 0 Å². The van der Waals surface area contributed by atoms with Crippen LogP contribution in [0.25, 0.3) is 0 Å². The fourth-order valence-corrected chi connectivity index (χ4v) is 2.67. The molecule has 17 heavy (non-hydrogen) atoms. The number of rotatable bonds is 4. The van der Waals surface area contributed by atoms with Crippen molar-refractivity contribution in [3.05, 3.63) is 28.3 Å². The lowest BCUT2D eigenvalue weighted by molar-refractivity contribution is -0.118. The normalized spacial score (nSPS) is 17.7. The zero-order valence-electron chi connectivity index (χ0n) is 9.67. The van der Waals surface area contributed by atoms with Gasteiger partial charge in [0, 0.05) is 29.8 Å². The van der Waals surface area contributed by atoms with Crippen LogP contribution in [0, 0.1) is 5.92 Å². The summed E-state index contributed by atoms with van der Waals surface area (Å²) in [6, 6.07) is 3.81. The Morgan fingerprint density at radius 1 is 1.41 bits per heavy atom. The predicted molar refractivity (Wildman–Crippen MR) is 66.7 cm³/mol. The van der Waals surface area contributed by atoms with E-state index >= 15 is 0 Å². The third-order valence-corrected chi connectivity index (χ3v) is 3.64. The average Bonchev–Trinajstić information content (AvgIpc) is 2.94. The molecule has 0 N–H and O–H groups in total. The molecule has 0 atom stereocenters. The maximum Gasteiger partial charge on any atom is 0.137 e. The molecular weight excluding hydrogens is 236 g/mol. The van der Waals surface area contributed by atoms with Crippen molar-refractivity contribution in [1.82, 2.24) is 0 Å². The standard InChI is InChI=1S/C14H15ClO2/c15-12-6-10-3-4-17-14(10)11(7-12)8-13(16)5-9-1-2-9/h6-7,9H,1-5,8H2. The average molecular weight is 251 g/mol. The smallest absolute Gasteiger partial charge is 0.137 e. The van der Waals surface area contributed by atoms with Crippen molar-refractivity contribution in [3.63, 3.8) is 0 Å². The molecule has 1 aromatic rings. The van der Waals surface area contributed by atoms with Crippen LogP contribution in [0.3, 0.4) is 0 Å². The Morgan fingerprint density at radius 3 is 3.00 bits per heavy atom. The molecule has 1 aliphatic heterocycles. The molecule has 0 bridgehead atoms. The summed E-state index contributed by atoms with van der Waals surface area (Å²) in [6.07, 6.45) is 4.53. The number of ether oxygens (including phenoxy) is 1. The quantitative estimate of drug-likeness (QED) is 0.820. The lowest BCUT2D eigenvalue weighted by Crippen LogP contribution is -2.05. The highest BCUT2D eigenvalue weighted by atomic mass is 35.5. The SMILES string of the molecule is O=C(Cc1cc(Cl)cc2c1OCC2)CC1CC1. The topological polar surface area (TPSA) is 26.3 Å². The minimum absolute atomic E-state index is 0.312. The van der Waals surface area contributed by atoms with Gasteiger partial charge in [0.2, 0.25) is 0 Å². The van der Waals surface area contributed by atoms with Crippen molar-refractivity contribution in [2.75, 3.05) is 6.61 Å². The number of carbonyl (C=O) groups excluding carboxylic acids is 1. The molecule has 2 nitrogen and oxygen atoms in total. The van der Waals surface area contributed by atoms with Gasteiger partial charge in [-0.2, -0.15) is 0 Å². The van der Waals surface area contributed by atoms with Gasteiger partial charge in [-0.1, -0.05) is 11.6 Å². The molecule has 1 aromatic carbocycles. The summed E-state index contributed by atoms with van der Waals surface area (Å²) in [4.78, 5) is 11.9. The van der Waals surface area contributed by atoms with E-state index in [2.05, 4.69) is 0 Å². The van der Waals surface area contributed by atoms with E-state index in [4.69, 9.17) is 16.3 Å². The van der Waals surface area contributed by atoms with Gasteiger partial charge in [-0.05, 0) is 36.5 Å². The van der Waals surface area contributed by atoms with Gasteiger partial charge in [-0.3, -0.25) is 4.79 Å². The van der Waals surface area contributed by atoms with Crippen molar-refractivity contribution >= 4 is 17.4 Å². The first kappa shape index (κ1) is 11.1. The summed E-state index contributed by atoms with van der Waals surface area (Å²) in [6.45, 7) is 0.708. The summed E-state index contributed by atoms with van der Waals surface area (Å²) in [5, 5.41) is 0.712. The molecule has 1 aliphatic carbocycles. The Labute approximate surface area is 106 Å². The second kappa shape index (κ2) is 4.34. The summed E-state index contributed by atoms with van der Waals surface area (Å²) in [5.74, 6) is 1.86. The first-order valence-electron chi connectivity index (χ1n) is 6.18. The zero-order chi connectivity index (χ0) is 11.8. The molecule has 2 aliphatic rings. The van der Waals surface area contributed by atoms with E-state index in [1.54, 1.807) is 0 Å². The number of halogens is 1. The van der Waals surface area contributed by atoms with Crippen LogP contribution in [-0.2, 0) is 17.6 Å². The van der Waals surface area contributed by atoms with E-state index in [1.807, 2.05) is 12.1 Å².